The molecular weight excluding hydrogens is 306 g/mol. The van der Waals surface area contributed by atoms with Gasteiger partial charge in [-0.1, -0.05) is 55.5 Å². The molecule has 5 nitrogen and oxygen atoms in total. The van der Waals surface area contributed by atoms with E-state index in [1.54, 1.807) is 12.1 Å². The second kappa shape index (κ2) is 9.35. The molecule has 0 fully saturated rings. The van der Waals surface area contributed by atoms with Crippen LogP contribution < -0.4 is 10.1 Å². The van der Waals surface area contributed by atoms with Gasteiger partial charge in [-0.05, 0) is 23.6 Å². The van der Waals surface area contributed by atoms with Gasteiger partial charge in [0.05, 0.1) is 0 Å². The number of nitrogens with one attached hydrogen (secondary N) is 1. The Morgan fingerprint density at radius 3 is 2.25 bits per heavy atom. The topological polar surface area (TPSA) is 64.6 Å². The highest BCUT2D eigenvalue weighted by molar-refractivity contribution is 5.80. The maximum atomic E-state index is 11.7. The van der Waals surface area contributed by atoms with Gasteiger partial charge < -0.3 is 14.8 Å². The predicted molar refractivity (Wildman–Crippen MR) is 90.8 cm³/mol. The van der Waals surface area contributed by atoms with E-state index in [9.17, 15) is 9.59 Å². The molecule has 0 bridgehead atoms. The molecule has 5 heteroatoms. The van der Waals surface area contributed by atoms with Crippen LogP contribution in [-0.2, 0) is 14.3 Å². The number of para-hydroxylation sites is 1. The standard InChI is InChI=1S/C19H21NO4/c1-15(16-8-4-2-5-9-16)12-20-18(21)13-24-19(22)14-23-17-10-6-3-7-11-17/h2-11,15H,12-14H2,1H3,(H,20,21)/t15-/m1/s1. The first kappa shape index (κ1) is 17.5. The minimum Gasteiger partial charge on any atom is -0.482 e. The smallest absolute Gasteiger partial charge is 0.344 e. The largest absolute Gasteiger partial charge is 0.482 e. The van der Waals surface area contributed by atoms with Gasteiger partial charge in [0.15, 0.2) is 13.2 Å². The Bertz CT molecular complexity index is 643. The lowest BCUT2D eigenvalue weighted by Crippen LogP contribution is -2.32. The first-order valence-corrected chi connectivity index (χ1v) is 7.80. The minimum atomic E-state index is -0.579. The number of hydrogen-bond acceptors (Lipinski definition) is 4. The van der Waals surface area contributed by atoms with Gasteiger partial charge in [0.2, 0.25) is 0 Å². The summed E-state index contributed by atoms with van der Waals surface area (Å²) in [7, 11) is 0. The van der Waals surface area contributed by atoms with E-state index in [0.29, 0.717) is 12.3 Å². The predicted octanol–water partition coefficient (Wildman–Crippen LogP) is 2.53. The van der Waals surface area contributed by atoms with Gasteiger partial charge in [-0.3, -0.25) is 4.79 Å². The van der Waals surface area contributed by atoms with Crippen LogP contribution in [0.15, 0.2) is 60.7 Å². The zero-order chi connectivity index (χ0) is 17.2. The summed E-state index contributed by atoms with van der Waals surface area (Å²) in [5.41, 5.74) is 1.14. The van der Waals surface area contributed by atoms with Gasteiger partial charge in [0, 0.05) is 6.54 Å². The third kappa shape index (κ3) is 6.12. The third-order valence-electron chi connectivity index (χ3n) is 3.44. The van der Waals surface area contributed by atoms with E-state index in [-0.39, 0.29) is 25.0 Å². The molecule has 0 radical (unpaired) electrons. The van der Waals surface area contributed by atoms with Crippen molar-refractivity contribution in [1.29, 1.82) is 0 Å². The van der Waals surface area contributed by atoms with Crippen molar-refractivity contribution in [2.45, 2.75) is 12.8 Å². The summed E-state index contributed by atoms with van der Waals surface area (Å²) in [6.07, 6.45) is 0. The second-order valence-electron chi connectivity index (χ2n) is 5.38. The third-order valence-corrected chi connectivity index (χ3v) is 3.44. The fourth-order valence-corrected chi connectivity index (χ4v) is 2.06. The van der Waals surface area contributed by atoms with Gasteiger partial charge in [-0.25, -0.2) is 4.79 Å². The van der Waals surface area contributed by atoms with Crippen LogP contribution in [-0.4, -0.2) is 31.6 Å². The summed E-state index contributed by atoms with van der Waals surface area (Å²) in [5, 5.41) is 2.75. The van der Waals surface area contributed by atoms with Crippen LogP contribution in [0.2, 0.25) is 0 Å². The molecule has 2 aromatic carbocycles. The highest BCUT2D eigenvalue weighted by Crippen LogP contribution is 2.12. The monoisotopic (exact) mass is 327 g/mol. The van der Waals surface area contributed by atoms with Gasteiger partial charge >= 0.3 is 5.97 Å². The van der Waals surface area contributed by atoms with Crippen LogP contribution in [0.25, 0.3) is 0 Å². The van der Waals surface area contributed by atoms with E-state index in [2.05, 4.69) is 5.32 Å². The van der Waals surface area contributed by atoms with E-state index in [0.717, 1.165) is 5.56 Å². The normalized spacial score (nSPS) is 11.4. The van der Waals surface area contributed by atoms with E-state index < -0.39 is 5.97 Å². The van der Waals surface area contributed by atoms with Crippen LogP contribution in [0.3, 0.4) is 0 Å². The number of ether oxygens (including phenoxy) is 2. The fraction of sp³-hybridized carbons (Fsp3) is 0.263. The van der Waals surface area contributed by atoms with Gasteiger partial charge in [-0.2, -0.15) is 0 Å². The van der Waals surface area contributed by atoms with Gasteiger partial charge in [-0.15, -0.1) is 0 Å². The Morgan fingerprint density at radius 2 is 1.58 bits per heavy atom. The van der Waals surface area contributed by atoms with Crippen molar-refractivity contribution >= 4 is 11.9 Å². The Hall–Kier alpha value is -2.82. The highest BCUT2D eigenvalue weighted by Gasteiger charge is 2.10. The van der Waals surface area contributed by atoms with Crippen LogP contribution in [0.4, 0.5) is 0 Å². The van der Waals surface area contributed by atoms with Crippen molar-refractivity contribution < 1.29 is 19.1 Å². The number of esters is 1. The maximum Gasteiger partial charge on any atom is 0.344 e. The Balaban J connectivity index is 1.63. The van der Waals surface area contributed by atoms with Crippen molar-refractivity contribution in [3.63, 3.8) is 0 Å². The Kier molecular flexibility index (Phi) is 6.83. The molecule has 2 aromatic rings. The molecular formula is C19H21NO4. The lowest BCUT2D eigenvalue weighted by atomic mass is 10.0. The Labute approximate surface area is 141 Å². The number of amides is 1. The molecule has 0 aliphatic carbocycles. The zero-order valence-electron chi connectivity index (χ0n) is 13.6. The van der Waals surface area contributed by atoms with Crippen molar-refractivity contribution in [1.82, 2.24) is 5.32 Å². The van der Waals surface area contributed by atoms with Crippen molar-refractivity contribution in [3.8, 4) is 5.75 Å². The SMILES string of the molecule is C[C@H](CNC(=O)COC(=O)COc1ccccc1)c1ccccc1. The van der Waals surface area contributed by atoms with Crippen LogP contribution in [0.1, 0.15) is 18.4 Å². The lowest BCUT2D eigenvalue weighted by Gasteiger charge is -2.13. The van der Waals surface area contributed by atoms with Crippen LogP contribution in [0.5, 0.6) is 5.75 Å². The fourth-order valence-electron chi connectivity index (χ4n) is 2.06. The summed E-state index contributed by atoms with van der Waals surface area (Å²) in [5.74, 6) is -0.140. The summed E-state index contributed by atoms with van der Waals surface area (Å²) in [4.78, 5) is 23.3. The highest BCUT2D eigenvalue weighted by atomic mass is 16.6. The average Bonchev–Trinajstić information content (AvgIpc) is 2.64. The number of carbonyl (C=O) groups is 2. The summed E-state index contributed by atoms with van der Waals surface area (Å²) < 4.78 is 10.1. The van der Waals surface area contributed by atoms with E-state index in [1.165, 1.54) is 0 Å². The average molecular weight is 327 g/mol. The molecule has 0 spiro atoms. The van der Waals surface area contributed by atoms with E-state index >= 15 is 0 Å². The molecule has 0 saturated heterocycles. The lowest BCUT2D eigenvalue weighted by molar-refractivity contribution is -0.150. The molecule has 0 aliphatic heterocycles. The van der Waals surface area contributed by atoms with Crippen molar-refractivity contribution in [2.24, 2.45) is 0 Å². The van der Waals surface area contributed by atoms with Gasteiger partial charge in [0.25, 0.3) is 5.91 Å². The summed E-state index contributed by atoms with van der Waals surface area (Å²) >= 11 is 0. The number of benzene rings is 2. The van der Waals surface area contributed by atoms with Crippen LogP contribution >= 0.6 is 0 Å². The second-order valence-corrected chi connectivity index (χ2v) is 5.38. The zero-order valence-corrected chi connectivity index (χ0v) is 13.6. The molecule has 0 unspecified atom stereocenters. The molecule has 24 heavy (non-hydrogen) atoms. The maximum absolute atomic E-state index is 11.7. The molecule has 0 saturated carbocycles. The Morgan fingerprint density at radius 1 is 0.958 bits per heavy atom. The minimum absolute atomic E-state index is 0.187. The van der Waals surface area contributed by atoms with Crippen molar-refractivity contribution in [3.05, 3.63) is 66.2 Å². The first-order chi connectivity index (χ1) is 11.6. The van der Waals surface area contributed by atoms with E-state index in [1.807, 2.05) is 55.5 Å². The molecule has 1 amide bonds. The number of hydrogen-bond donors (Lipinski definition) is 1. The molecule has 126 valence electrons. The van der Waals surface area contributed by atoms with Crippen molar-refractivity contribution in [2.75, 3.05) is 19.8 Å². The number of carbonyl (C=O) groups excluding carboxylic acids is 2. The number of rotatable bonds is 8. The molecule has 1 N–H and O–H groups in total. The molecule has 1 atom stereocenters. The first-order valence-electron chi connectivity index (χ1n) is 7.80. The molecule has 0 aliphatic rings. The van der Waals surface area contributed by atoms with Crippen LogP contribution in [0, 0.1) is 0 Å². The van der Waals surface area contributed by atoms with Gasteiger partial charge in [0.1, 0.15) is 5.75 Å². The summed E-state index contributed by atoms with van der Waals surface area (Å²) in [6, 6.07) is 18.8. The molecule has 0 heterocycles. The molecule has 2 rings (SSSR count). The molecule has 0 aromatic heterocycles. The van der Waals surface area contributed by atoms with E-state index in [4.69, 9.17) is 9.47 Å². The summed E-state index contributed by atoms with van der Waals surface area (Å²) in [6.45, 7) is 1.98. The quantitative estimate of drug-likeness (QED) is 0.757.